The fraction of sp³-hybridized carbons (Fsp3) is 0.867. The van der Waals surface area contributed by atoms with Crippen LogP contribution in [0.1, 0.15) is 34.1 Å². The molecule has 2 aliphatic rings. The molecular formula is C15H27N3O2. The Labute approximate surface area is 121 Å². The molecule has 0 bridgehead atoms. The lowest BCUT2D eigenvalue weighted by Crippen LogP contribution is -2.69. The van der Waals surface area contributed by atoms with Crippen molar-refractivity contribution in [2.45, 2.75) is 46.2 Å². The zero-order valence-electron chi connectivity index (χ0n) is 13.1. The van der Waals surface area contributed by atoms with Gasteiger partial charge in [0.1, 0.15) is 12.1 Å². The highest BCUT2D eigenvalue weighted by atomic mass is 16.2. The minimum atomic E-state index is -0.324. The van der Waals surface area contributed by atoms with E-state index in [-0.39, 0.29) is 23.9 Å². The highest BCUT2D eigenvalue weighted by Gasteiger charge is 2.43. The van der Waals surface area contributed by atoms with Gasteiger partial charge in [-0.1, -0.05) is 27.7 Å². The quantitative estimate of drug-likeness (QED) is 0.825. The molecule has 0 aromatic carbocycles. The predicted octanol–water partition coefficient (Wildman–Crippen LogP) is 0.700. The van der Waals surface area contributed by atoms with Crippen molar-refractivity contribution in [3.8, 4) is 0 Å². The molecule has 0 aliphatic carbocycles. The van der Waals surface area contributed by atoms with Gasteiger partial charge in [0.05, 0.1) is 0 Å². The van der Waals surface area contributed by atoms with Gasteiger partial charge in [0, 0.05) is 26.2 Å². The molecule has 5 nitrogen and oxygen atoms in total. The van der Waals surface area contributed by atoms with Crippen LogP contribution < -0.4 is 5.32 Å². The minimum absolute atomic E-state index is 0.0173. The second-order valence-electron chi connectivity index (χ2n) is 6.89. The molecule has 2 heterocycles. The van der Waals surface area contributed by atoms with Gasteiger partial charge in [-0.3, -0.25) is 14.5 Å². The Bertz CT molecular complexity index is 381. The molecule has 0 aromatic heterocycles. The van der Waals surface area contributed by atoms with Gasteiger partial charge in [0.2, 0.25) is 11.8 Å². The fourth-order valence-electron chi connectivity index (χ4n) is 3.17. The summed E-state index contributed by atoms with van der Waals surface area (Å²) in [7, 11) is 0. The van der Waals surface area contributed by atoms with E-state index in [4.69, 9.17) is 0 Å². The Morgan fingerprint density at radius 3 is 2.45 bits per heavy atom. The average Bonchev–Trinajstić information content (AvgIpc) is 2.34. The van der Waals surface area contributed by atoms with E-state index in [9.17, 15) is 9.59 Å². The number of piperazine rings is 2. The van der Waals surface area contributed by atoms with Crippen molar-refractivity contribution in [2.24, 2.45) is 11.8 Å². The summed E-state index contributed by atoms with van der Waals surface area (Å²) in [6, 6.07) is -0.617. The predicted molar refractivity (Wildman–Crippen MR) is 78.2 cm³/mol. The van der Waals surface area contributed by atoms with Crippen LogP contribution in [-0.2, 0) is 9.59 Å². The molecule has 2 saturated heterocycles. The van der Waals surface area contributed by atoms with E-state index >= 15 is 0 Å². The molecule has 2 amide bonds. The van der Waals surface area contributed by atoms with Crippen molar-refractivity contribution >= 4 is 11.8 Å². The third-order valence-electron chi connectivity index (χ3n) is 4.00. The van der Waals surface area contributed by atoms with Gasteiger partial charge in [-0.25, -0.2) is 0 Å². The number of rotatable bonds is 4. The molecule has 2 aliphatic heterocycles. The summed E-state index contributed by atoms with van der Waals surface area (Å²) in [6.45, 7) is 11.7. The molecule has 0 saturated carbocycles. The smallest absolute Gasteiger partial charge is 0.245 e. The summed E-state index contributed by atoms with van der Waals surface area (Å²) in [5, 5.41) is 2.91. The van der Waals surface area contributed by atoms with Gasteiger partial charge in [0.15, 0.2) is 0 Å². The molecule has 1 N–H and O–H groups in total. The first-order valence-electron chi connectivity index (χ1n) is 7.71. The van der Waals surface area contributed by atoms with Crippen molar-refractivity contribution in [3.05, 3.63) is 0 Å². The molecular weight excluding hydrogens is 254 g/mol. The standard InChI is InChI=1S/C15H27N3O2/c1-10(2)7-12-15(20)18-6-5-17(8-11(3)4)9-13(18)14(19)16-12/h10-13H,5-9H2,1-4H3,(H,16,19)/t12-,13+/m0/s1. The van der Waals surface area contributed by atoms with E-state index in [1.165, 1.54) is 0 Å². The van der Waals surface area contributed by atoms with Gasteiger partial charge < -0.3 is 10.2 Å². The molecule has 2 atom stereocenters. The molecule has 114 valence electrons. The molecule has 2 fully saturated rings. The number of nitrogens with zero attached hydrogens (tertiary/aromatic N) is 2. The lowest BCUT2D eigenvalue weighted by atomic mass is 9.97. The first kappa shape index (κ1) is 15.3. The number of carbonyl (C=O) groups excluding carboxylic acids is 2. The topological polar surface area (TPSA) is 52.7 Å². The number of amides is 2. The van der Waals surface area contributed by atoms with Crippen molar-refractivity contribution in [1.29, 1.82) is 0 Å². The third-order valence-corrected chi connectivity index (χ3v) is 4.00. The summed E-state index contributed by atoms with van der Waals surface area (Å²) in [5.41, 5.74) is 0. The maximum Gasteiger partial charge on any atom is 0.245 e. The van der Waals surface area contributed by atoms with Crippen LogP contribution in [0.2, 0.25) is 0 Å². The lowest BCUT2D eigenvalue weighted by Gasteiger charge is -2.45. The zero-order valence-corrected chi connectivity index (χ0v) is 13.1. The van der Waals surface area contributed by atoms with Crippen LogP contribution in [0.15, 0.2) is 0 Å². The summed E-state index contributed by atoms with van der Waals surface area (Å²) >= 11 is 0. The maximum absolute atomic E-state index is 12.5. The van der Waals surface area contributed by atoms with Crippen molar-refractivity contribution < 1.29 is 9.59 Å². The van der Waals surface area contributed by atoms with E-state index in [2.05, 4.69) is 37.9 Å². The number of fused-ring (bicyclic) bond motifs is 1. The Morgan fingerprint density at radius 1 is 1.15 bits per heavy atom. The fourth-order valence-corrected chi connectivity index (χ4v) is 3.17. The number of hydrogen-bond donors (Lipinski definition) is 1. The van der Waals surface area contributed by atoms with Crippen molar-refractivity contribution in [3.63, 3.8) is 0 Å². The molecule has 5 heteroatoms. The van der Waals surface area contributed by atoms with Gasteiger partial charge in [0.25, 0.3) is 0 Å². The van der Waals surface area contributed by atoms with Gasteiger partial charge in [-0.05, 0) is 18.3 Å². The minimum Gasteiger partial charge on any atom is -0.342 e. The van der Waals surface area contributed by atoms with Crippen LogP contribution in [0.3, 0.4) is 0 Å². The molecule has 0 radical (unpaired) electrons. The van der Waals surface area contributed by atoms with Crippen LogP contribution >= 0.6 is 0 Å². The van der Waals surface area contributed by atoms with Crippen LogP contribution in [0.25, 0.3) is 0 Å². The van der Waals surface area contributed by atoms with E-state index in [0.717, 1.165) is 19.5 Å². The highest BCUT2D eigenvalue weighted by Crippen LogP contribution is 2.20. The summed E-state index contributed by atoms with van der Waals surface area (Å²) < 4.78 is 0. The average molecular weight is 281 g/mol. The van der Waals surface area contributed by atoms with Crippen molar-refractivity contribution in [1.82, 2.24) is 15.1 Å². The Morgan fingerprint density at radius 2 is 1.85 bits per heavy atom. The second kappa shape index (κ2) is 6.12. The zero-order chi connectivity index (χ0) is 14.9. The van der Waals surface area contributed by atoms with Gasteiger partial charge in [-0.15, -0.1) is 0 Å². The molecule has 20 heavy (non-hydrogen) atoms. The normalized spacial score (nSPS) is 28.0. The molecule has 0 aromatic rings. The van der Waals surface area contributed by atoms with Crippen LogP contribution in [0.4, 0.5) is 0 Å². The van der Waals surface area contributed by atoms with Gasteiger partial charge >= 0.3 is 0 Å². The Balaban J connectivity index is 2.02. The van der Waals surface area contributed by atoms with E-state index in [1.54, 1.807) is 4.90 Å². The van der Waals surface area contributed by atoms with Crippen LogP contribution in [0.5, 0.6) is 0 Å². The first-order valence-corrected chi connectivity index (χ1v) is 7.71. The summed E-state index contributed by atoms with van der Waals surface area (Å²) in [5.74, 6) is 1.11. The lowest BCUT2D eigenvalue weighted by molar-refractivity contribution is -0.153. The second-order valence-corrected chi connectivity index (χ2v) is 6.89. The highest BCUT2D eigenvalue weighted by molar-refractivity contribution is 5.97. The van der Waals surface area contributed by atoms with E-state index in [0.29, 0.717) is 24.9 Å². The number of nitrogens with one attached hydrogen (secondary N) is 1. The van der Waals surface area contributed by atoms with Crippen LogP contribution in [-0.4, -0.2) is 59.9 Å². The number of carbonyl (C=O) groups is 2. The van der Waals surface area contributed by atoms with E-state index < -0.39 is 0 Å². The largest absolute Gasteiger partial charge is 0.342 e. The van der Waals surface area contributed by atoms with Gasteiger partial charge in [-0.2, -0.15) is 0 Å². The summed E-state index contributed by atoms with van der Waals surface area (Å²) in [4.78, 5) is 28.8. The number of hydrogen-bond acceptors (Lipinski definition) is 3. The van der Waals surface area contributed by atoms with Crippen LogP contribution in [0, 0.1) is 11.8 Å². The maximum atomic E-state index is 12.5. The molecule has 2 rings (SSSR count). The molecule has 0 unspecified atom stereocenters. The Hall–Kier alpha value is -1.10. The SMILES string of the molecule is CC(C)C[C@@H]1NC(=O)[C@H]2CN(CC(C)C)CCN2C1=O. The van der Waals surface area contributed by atoms with E-state index in [1.807, 2.05) is 0 Å². The first-order chi connectivity index (χ1) is 9.38. The third kappa shape index (κ3) is 3.32. The summed E-state index contributed by atoms with van der Waals surface area (Å²) in [6.07, 6.45) is 0.726. The van der Waals surface area contributed by atoms with Crippen molar-refractivity contribution in [2.75, 3.05) is 26.2 Å². The monoisotopic (exact) mass is 281 g/mol. The molecule has 0 spiro atoms. The Kier molecular flexibility index (Phi) is 4.68.